The zero-order valence-corrected chi connectivity index (χ0v) is 10.4. The van der Waals surface area contributed by atoms with Crippen molar-refractivity contribution in [1.29, 1.82) is 0 Å². The van der Waals surface area contributed by atoms with Crippen LogP contribution in [0.25, 0.3) is 0 Å². The Balaban J connectivity index is -0.0000000457. The van der Waals surface area contributed by atoms with Crippen molar-refractivity contribution < 1.29 is 4.74 Å². The molecule has 13 heavy (non-hydrogen) atoms. The second-order valence-electron chi connectivity index (χ2n) is 1.47. The fraction of sp³-hybridized carbons (Fsp3) is 0.667. The molecule has 0 aromatic heterocycles. The van der Waals surface area contributed by atoms with Gasteiger partial charge in [0, 0.05) is 0 Å². The van der Waals surface area contributed by atoms with Gasteiger partial charge in [-0.2, -0.15) is 0 Å². The zero-order chi connectivity index (χ0) is 11.5. The third-order valence-corrected chi connectivity index (χ3v) is 0.692. The van der Waals surface area contributed by atoms with Gasteiger partial charge in [0.05, 0.1) is 12.5 Å². The molecule has 0 fully saturated rings. The lowest BCUT2D eigenvalue weighted by atomic mass is 10.4. The SMILES string of the molecule is C=COC=C.CC.CC.CCCC. The molecule has 0 rings (SSSR count). The van der Waals surface area contributed by atoms with E-state index in [0.717, 1.165) is 0 Å². The van der Waals surface area contributed by atoms with Gasteiger partial charge in [0.25, 0.3) is 0 Å². The summed E-state index contributed by atoms with van der Waals surface area (Å²) < 4.78 is 4.36. The fourth-order valence-corrected chi connectivity index (χ4v) is 0.0680. The van der Waals surface area contributed by atoms with E-state index in [-0.39, 0.29) is 0 Å². The van der Waals surface area contributed by atoms with Crippen LogP contribution in [0.4, 0.5) is 0 Å². The monoisotopic (exact) mass is 188 g/mol. The summed E-state index contributed by atoms with van der Waals surface area (Å²) in [6.45, 7) is 18.9. The molecule has 0 aliphatic rings. The largest absolute Gasteiger partial charge is 0.474 e. The maximum atomic E-state index is 4.36. The third kappa shape index (κ3) is 187. The molecule has 1 heteroatoms. The molecule has 0 N–H and O–H groups in total. The highest BCUT2D eigenvalue weighted by Gasteiger charge is 1.56. The predicted octanol–water partition coefficient (Wildman–Crippen LogP) is 5.15. The van der Waals surface area contributed by atoms with Gasteiger partial charge in [-0.25, -0.2) is 0 Å². The van der Waals surface area contributed by atoms with Gasteiger partial charge in [0.15, 0.2) is 0 Å². The number of hydrogen-bond acceptors (Lipinski definition) is 1. The van der Waals surface area contributed by atoms with Crippen molar-refractivity contribution in [2.75, 3.05) is 0 Å². The topological polar surface area (TPSA) is 9.23 Å². The van der Waals surface area contributed by atoms with Crippen LogP contribution >= 0.6 is 0 Å². The van der Waals surface area contributed by atoms with Crippen LogP contribution in [0.1, 0.15) is 54.4 Å². The van der Waals surface area contributed by atoms with E-state index in [2.05, 4.69) is 31.7 Å². The van der Waals surface area contributed by atoms with Crippen molar-refractivity contribution in [1.82, 2.24) is 0 Å². The highest BCUT2D eigenvalue weighted by atomic mass is 16.5. The molecule has 0 spiro atoms. The lowest BCUT2D eigenvalue weighted by Crippen LogP contribution is -1.52. The van der Waals surface area contributed by atoms with Gasteiger partial charge in [-0.15, -0.1) is 0 Å². The van der Waals surface area contributed by atoms with Crippen LogP contribution in [0.15, 0.2) is 25.7 Å². The van der Waals surface area contributed by atoms with Gasteiger partial charge in [-0.05, 0) is 0 Å². The fourth-order valence-electron chi connectivity index (χ4n) is 0.0680. The summed E-state index contributed by atoms with van der Waals surface area (Å²) in [5, 5.41) is 0. The first-order valence-electron chi connectivity index (χ1n) is 5.20. The Hall–Kier alpha value is -0.720. The van der Waals surface area contributed by atoms with Crippen molar-refractivity contribution in [3.63, 3.8) is 0 Å². The summed E-state index contributed by atoms with van der Waals surface area (Å²) in [5.74, 6) is 0. The molecule has 0 aliphatic heterocycles. The molecule has 0 bridgehead atoms. The molecule has 0 aliphatic carbocycles. The van der Waals surface area contributed by atoms with E-state index >= 15 is 0 Å². The molecule has 0 amide bonds. The average Bonchev–Trinajstić information content (AvgIpc) is 2.25. The van der Waals surface area contributed by atoms with E-state index in [1.807, 2.05) is 27.7 Å². The van der Waals surface area contributed by atoms with Crippen LogP contribution in [-0.4, -0.2) is 0 Å². The summed E-state index contributed by atoms with van der Waals surface area (Å²) in [5.41, 5.74) is 0. The van der Waals surface area contributed by atoms with Gasteiger partial charge in [-0.1, -0.05) is 67.5 Å². The Morgan fingerprint density at radius 2 is 1.08 bits per heavy atom. The van der Waals surface area contributed by atoms with E-state index < -0.39 is 0 Å². The number of ether oxygens (including phenoxy) is 1. The molecule has 0 saturated heterocycles. The molecule has 0 aromatic carbocycles. The summed E-state index contributed by atoms with van der Waals surface area (Å²) in [6.07, 6.45) is 5.26. The first-order valence-corrected chi connectivity index (χ1v) is 5.20. The highest BCUT2D eigenvalue weighted by Crippen LogP contribution is 1.76. The molecule has 0 heterocycles. The van der Waals surface area contributed by atoms with Crippen LogP contribution < -0.4 is 0 Å². The molecular weight excluding hydrogens is 160 g/mol. The van der Waals surface area contributed by atoms with Gasteiger partial charge < -0.3 is 4.74 Å². The first-order chi connectivity index (χ1) is 6.33. The maximum Gasteiger partial charge on any atom is 0.0829 e. The van der Waals surface area contributed by atoms with E-state index in [1.165, 1.54) is 25.4 Å². The lowest BCUT2D eigenvalue weighted by molar-refractivity contribution is 0.406. The smallest absolute Gasteiger partial charge is 0.0829 e. The number of rotatable bonds is 3. The predicted molar refractivity (Wildman–Crippen MR) is 64.8 cm³/mol. The minimum atomic E-state index is 1.31. The standard InChI is InChI=1S/C4H6O.C4H10.2C2H6/c1-3-5-4-2;1-3-4-2;2*1-2/h3-4H,1-2H2;3-4H2,1-2H3;2*1-2H3. The van der Waals surface area contributed by atoms with E-state index in [9.17, 15) is 0 Å². The van der Waals surface area contributed by atoms with E-state index in [4.69, 9.17) is 0 Å². The maximum absolute atomic E-state index is 4.36. The highest BCUT2D eigenvalue weighted by molar-refractivity contribution is 4.57. The molecule has 82 valence electrons. The summed E-state index contributed by atoms with van der Waals surface area (Å²) in [4.78, 5) is 0. The van der Waals surface area contributed by atoms with Crippen LogP contribution in [0, 0.1) is 0 Å². The Labute approximate surface area is 85.5 Å². The Morgan fingerprint density at radius 3 is 1.08 bits per heavy atom. The Morgan fingerprint density at radius 1 is 0.846 bits per heavy atom. The quantitative estimate of drug-likeness (QED) is 0.557. The van der Waals surface area contributed by atoms with E-state index in [1.54, 1.807) is 0 Å². The number of hydrogen-bond donors (Lipinski definition) is 0. The summed E-state index contributed by atoms with van der Waals surface area (Å²) in [6, 6.07) is 0. The van der Waals surface area contributed by atoms with Crippen LogP contribution in [-0.2, 0) is 4.74 Å². The van der Waals surface area contributed by atoms with Crippen LogP contribution in [0.3, 0.4) is 0 Å². The van der Waals surface area contributed by atoms with Crippen LogP contribution in [0.5, 0.6) is 0 Å². The molecule has 0 aromatic rings. The lowest BCUT2D eigenvalue weighted by Gasteiger charge is -1.76. The normalized spacial score (nSPS) is 5.38. The molecular formula is C12H28O. The summed E-state index contributed by atoms with van der Waals surface area (Å²) in [7, 11) is 0. The third-order valence-electron chi connectivity index (χ3n) is 0.692. The number of unbranched alkanes of at least 4 members (excludes halogenated alkanes) is 1. The van der Waals surface area contributed by atoms with Gasteiger partial charge in [0.1, 0.15) is 0 Å². The Kier molecular flexibility index (Phi) is 114. The van der Waals surface area contributed by atoms with Crippen molar-refractivity contribution in [3.05, 3.63) is 25.7 Å². The van der Waals surface area contributed by atoms with Crippen molar-refractivity contribution >= 4 is 0 Å². The minimum absolute atomic E-state index is 1.31. The molecule has 0 unspecified atom stereocenters. The van der Waals surface area contributed by atoms with Gasteiger partial charge >= 0.3 is 0 Å². The van der Waals surface area contributed by atoms with E-state index in [0.29, 0.717) is 0 Å². The molecule has 0 radical (unpaired) electrons. The Bertz CT molecular complexity index is 50.1. The summed E-state index contributed by atoms with van der Waals surface area (Å²) >= 11 is 0. The van der Waals surface area contributed by atoms with Crippen molar-refractivity contribution in [2.24, 2.45) is 0 Å². The van der Waals surface area contributed by atoms with Gasteiger partial charge in [-0.3, -0.25) is 0 Å². The van der Waals surface area contributed by atoms with Gasteiger partial charge in [0.2, 0.25) is 0 Å². The van der Waals surface area contributed by atoms with Crippen molar-refractivity contribution in [3.8, 4) is 0 Å². The second-order valence-corrected chi connectivity index (χ2v) is 1.47. The van der Waals surface area contributed by atoms with Crippen LogP contribution in [0.2, 0.25) is 0 Å². The minimum Gasteiger partial charge on any atom is -0.474 e. The average molecular weight is 188 g/mol. The molecule has 1 nitrogen and oxygen atoms in total. The zero-order valence-electron chi connectivity index (χ0n) is 10.4. The van der Waals surface area contributed by atoms with Crippen molar-refractivity contribution in [2.45, 2.75) is 54.4 Å². The molecule has 0 saturated carbocycles. The first kappa shape index (κ1) is 22.8. The molecule has 0 atom stereocenters. The second kappa shape index (κ2) is 65.1.